The molecule has 0 radical (unpaired) electrons. The number of carbonyl (C=O) groups excluding carboxylic acids is 1. The Hall–Kier alpha value is -2.36. The summed E-state index contributed by atoms with van der Waals surface area (Å²) >= 11 is 0. The molecule has 3 N–H and O–H groups in total. The Kier molecular flexibility index (Phi) is 3.74. The van der Waals surface area contributed by atoms with Crippen LogP contribution in [0, 0.1) is 26.6 Å². The smallest absolute Gasteiger partial charge is 0.258 e. The molecular formula is C16H17FN2O. The van der Waals surface area contributed by atoms with Gasteiger partial charge in [-0.3, -0.25) is 4.79 Å². The van der Waals surface area contributed by atoms with Crippen molar-refractivity contribution in [2.24, 2.45) is 0 Å². The van der Waals surface area contributed by atoms with Gasteiger partial charge in [-0.15, -0.1) is 0 Å². The zero-order valence-electron chi connectivity index (χ0n) is 11.8. The molecule has 2 rings (SSSR count). The van der Waals surface area contributed by atoms with Crippen molar-refractivity contribution >= 4 is 17.3 Å². The van der Waals surface area contributed by atoms with Gasteiger partial charge in [0, 0.05) is 11.4 Å². The maximum absolute atomic E-state index is 13.7. The third-order valence-corrected chi connectivity index (χ3v) is 3.15. The van der Waals surface area contributed by atoms with E-state index in [0.29, 0.717) is 5.69 Å². The third-order valence-electron chi connectivity index (χ3n) is 3.15. The lowest BCUT2D eigenvalue weighted by molar-refractivity contribution is 0.102. The fourth-order valence-electron chi connectivity index (χ4n) is 2.27. The molecule has 1 amide bonds. The second-order valence-corrected chi connectivity index (χ2v) is 4.97. The van der Waals surface area contributed by atoms with E-state index >= 15 is 0 Å². The van der Waals surface area contributed by atoms with E-state index in [2.05, 4.69) is 5.32 Å². The van der Waals surface area contributed by atoms with Crippen LogP contribution in [0.2, 0.25) is 0 Å². The molecular weight excluding hydrogens is 255 g/mol. The van der Waals surface area contributed by atoms with Gasteiger partial charge < -0.3 is 11.1 Å². The second-order valence-electron chi connectivity index (χ2n) is 4.97. The molecule has 0 aromatic heterocycles. The van der Waals surface area contributed by atoms with Crippen LogP contribution in [0.15, 0.2) is 30.3 Å². The largest absolute Gasteiger partial charge is 0.399 e. The summed E-state index contributed by atoms with van der Waals surface area (Å²) in [6.45, 7) is 5.81. The summed E-state index contributed by atoms with van der Waals surface area (Å²) in [6, 6.07) is 7.99. The van der Waals surface area contributed by atoms with Crippen molar-refractivity contribution in [1.29, 1.82) is 0 Å². The minimum Gasteiger partial charge on any atom is -0.399 e. The number of nitrogens with one attached hydrogen (secondary N) is 1. The number of hydrogen-bond acceptors (Lipinski definition) is 2. The summed E-state index contributed by atoms with van der Waals surface area (Å²) in [7, 11) is 0. The molecule has 2 aromatic carbocycles. The molecule has 0 aliphatic carbocycles. The maximum atomic E-state index is 13.7. The average molecular weight is 272 g/mol. The molecule has 20 heavy (non-hydrogen) atoms. The van der Waals surface area contributed by atoms with Gasteiger partial charge in [-0.25, -0.2) is 4.39 Å². The minimum atomic E-state index is -0.620. The monoisotopic (exact) mass is 272 g/mol. The number of carbonyl (C=O) groups is 1. The van der Waals surface area contributed by atoms with Crippen LogP contribution in [-0.4, -0.2) is 5.91 Å². The number of nitrogens with two attached hydrogens (primary N) is 1. The summed E-state index contributed by atoms with van der Waals surface area (Å²) in [6.07, 6.45) is 0. The highest BCUT2D eigenvalue weighted by Gasteiger charge is 2.14. The standard InChI is InChI=1S/C16H17FN2O/c1-9-6-10(2)15(11(3)7-9)19-16(20)13-5-4-12(18)8-14(13)17/h4-8H,18H2,1-3H3,(H,19,20). The first kappa shape index (κ1) is 14.1. The van der Waals surface area contributed by atoms with Crippen molar-refractivity contribution in [2.45, 2.75) is 20.8 Å². The van der Waals surface area contributed by atoms with Crippen molar-refractivity contribution in [3.8, 4) is 0 Å². The molecule has 0 heterocycles. The van der Waals surface area contributed by atoms with Crippen LogP contribution in [0.25, 0.3) is 0 Å². The van der Waals surface area contributed by atoms with Gasteiger partial charge in [0.05, 0.1) is 5.56 Å². The van der Waals surface area contributed by atoms with Gasteiger partial charge in [0.2, 0.25) is 0 Å². The lowest BCUT2D eigenvalue weighted by atomic mass is 10.0. The van der Waals surface area contributed by atoms with Crippen molar-refractivity contribution in [1.82, 2.24) is 0 Å². The molecule has 0 aliphatic heterocycles. The van der Waals surface area contributed by atoms with Crippen molar-refractivity contribution in [3.05, 3.63) is 58.4 Å². The van der Waals surface area contributed by atoms with Crippen LogP contribution in [0.1, 0.15) is 27.0 Å². The molecule has 4 heteroatoms. The fourth-order valence-corrected chi connectivity index (χ4v) is 2.27. The number of benzene rings is 2. The summed E-state index contributed by atoms with van der Waals surface area (Å²) in [5.74, 6) is -1.09. The maximum Gasteiger partial charge on any atom is 0.258 e. The Balaban J connectivity index is 2.33. The lowest BCUT2D eigenvalue weighted by Gasteiger charge is -2.13. The average Bonchev–Trinajstić information content (AvgIpc) is 2.33. The van der Waals surface area contributed by atoms with E-state index < -0.39 is 11.7 Å². The van der Waals surface area contributed by atoms with Gasteiger partial charge in [-0.2, -0.15) is 0 Å². The van der Waals surface area contributed by atoms with Crippen molar-refractivity contribution in [3.63, 3.8) is 0 Å². The van der Waals surface area contributed by atoms with E-state index in [1.807, 2.05) is 32.9 Å². The van der Waals surface area contributed by atoms with E-state index in [-0.39, 0.29) is 5.56 Å². The Morgan fingerprint density at radius 3 is 2.25 bits per heavy atom. The summed E-state index contributed by atoms with van der Waals surface area (Å²) in [4.78, 5) is 12.1. The number of anilines is 2. The fraction of sp³-hybridized carbons (Fsp3) is 0.188. The SMILES string of the molecule is Cc1cc(C)c(NC(=O)c2ccc(N)cc2F)c(C)c1. The van der Waals surface area contributed by atoms with E-state index in [4.69, 9.17) is 5.73 Å². The van der Waals surface area contributed by atoms with Crippen LogP contribution in [0.4, 0.5) is 15.8 Å². The Labute approximate surface area is 117 Å². The predicted molar refractivity (Wildman–Crippen MR) is 79.4 cm³/mol. The molecule has 0 fully saturated rings. The quantitative estimate of drug-likeness (QED) is 0.821. The van der Waals surface area contributed by atoms with E-state index in [1.165, 1.54) is 12.1 Å². The first-order valence-corrected chi connectivity index (χ1v) is 6.32. The van der Waals surface area contributed by atoms with Gasteiger partial charge in [0.1, 0.15) is 5.82 Å². The van der Waals surface area contributed by atoms with Gasteiger partial charge >= 0.3 is 0 Å². The van der Waals surface area contributed by atoms with Gasteiger partial charge in [0.15, 0.2) is 0 Å². The van der Waals surface area contributed by atoms with E-state index in [1.54, 1.807) is 0 Å². The molecule has 0 saturated heterocycles. The summed E-state index contributed by atoms with van der Waals surface area (Å²) in [5, 5.41) is 2.76. The first-order chi connectivity index (χ1) is 9.38. The van der Waals surface area contributed by atoms with Gasteiger partial charge in [-0.1, -0.05) is 17.7 Å². The zero-order chi connectivity index (χ0) is 14.9. The number of nitrogen functional groups attached to an aromatic ring is 1. The normalized spacial score (nSPS) is 10.4. The second kappa shape index (κ2) is 5.33. The van der Waals surface area contributed by atoms with Crippen LogP contribution in [-0.2, 0) is 0 Å². The summed E-state index contributed by atoms with van der Waals surface area (Å²) < 4.78 is 13.7. The lowest BCUT2D eigenvalue weighted by Crippen LogP contribution is -2.15. The number of amides is 1. The van der Waals surface area contributed by atoms with E-state index in [0.717, 1.165) is 28.4 Å². The molecule has 2 aromatic rings. The highest BCUT2D eigenvalue weighted by atomic mass is 19.1. The number of rotatable bonds is 2. The molecule has 0 saturated carbocycles. The Morgan fingerprint density at radius 2 is 1.70 bits per heavy atom. The molecule has 0 aliphatic rings. The molecule has 3 nitrogen and oxygen atoms in total. The van der Waals surface area contributed by atoms with Gasteiger partial charge in [0.25, 0.3) is 5.91 Å². The van der Waals surface area contributed by atoms with E-state index in [9.17, 15) is 9.18 Å². The highest BCUT2D eigenvalue weighted by Crippen LogP contribution is 2.23. The molecule has 0 bridgehead atoms. The molecule has 0 atom stereocenters. The zero-order valence-corrected chi connectivity index (χ0v) is 11.8. The number of aryl methyl sites for hydroxylation is 3. The topological polar surface area (TPSA) is 55.1 Å². The highest BCUT2D eigenvalue weighted by molar-refractivity contribution is 6.05. The van der Waals surface area contributed by atoms with Crippen LogP contribution in [0.5, 0.6) is 0 Å². The Morgan fingerprint density at radius 1 is 1.10 bits per heavy atom. The number of hydrogen-bond donors (Lipinski definition) is 2. The van der Waals surface area contributed by atoms with Crippen molar-refractivity contribution in [2.75, 3.05) is 11.1 Å². The molecule has 0 spiro atoms. The van der Waals surface area contributed by atoms with Crippen LogP contribution < -0.4 is 11.1 Å². The summed E-state index contributed by atoms with van der Waals surface area (Å²) in [5.41, 5.74) is 9.49. The first-order valence-electron chi connectivity index (χ1n) is 6.32. The third kappa shape index (κ3) is 2.79. The van der Waals surface area contributed by atoms with Crippen LogP contribution >= 0.6 is 0 Å². The van der Waals surface area contributed by atoms with Gasteiger partial charge in [-0.05, 0) is 50.1 Å². The van der Waals surface area contributed by atoms with Crippen LogP contribution in [0.3, 0.4) is 0 Å². The molecule has 0 unspecified atom stereocenters. The minimum absolute atomic E-state index is 0.0152. The Bertz CT molecular complexity index is 657. The molecule has 104 valence electrons. The van der Waals surface area contributed by atoms with Crippen molar-refractivity contribution < 1.29 is 9.18 Å². The predicted octanol–water partition coefficient (Wildman–Crippen LogP) is 3.59. The number of halogens is 1.